The molecule has 0 spiro atoms. The van der Waals surface area contributed by atoms with Crippen LogP contribution in [-0.2, 0) is 11.8 Å². The maximum atomic E-state index is 12.4. The minimum atomic E-state index is -0.153. The highest BCUT2D eigenvalue weighted by atomic mass is 16.5. The Labute approximate surface area is 125 Å². The van der Waals surface area contributed by atoms with E-state index in [-0.39, 0.29) is 17.6 Å². The number of fused-ring (bicyclic) bond motifs is 1. The van der Waals surface area contributed by atoms with Crippen molar-refractivity contribution in [3.63, 3.8) is 0 Å². The molecule has 4 nitrogen and oxygen atoms in total. The topological polar surface area (TPSA) is 43.3 Å². The molecule has 0 radical (unpaired) electrons. The Morgan fingerprint density at radius 1 is 1.38 bits per heavy atom. The van der Waals surface area contributed by atoms with Crippen LogP contribution in [0.1, 0.15) is 37.0 Å². The van der Waals surface area contributed by atoms with E-state index in [1.54, 1.807) is 0 Å². The van der Waals surface area contributed by atoms with Gasteiger partial charge in [-0.25, -0.2) is 0 Å². The normalized spacial score (nSPS) is 21.4. The number of aryl methyl sites for hydroxylation is 1. The van der Waals surface area contributed by atoms with Gasteiger partial charge in [-0.05, 0) is 51.0 Å². The van der Waals surface area contributed by atoms with Crippen molar-refractivity contribution < 1.29 is 9.53 Å². The maximum Gasteiger partial charge on any atom is 0.251 e. The first kappa shape index (κ1) is 14.1. The van der Waals surface area contributed by atoms with Crippen molar-refractivity contribution >= 4 is 16.8 Å². The summed E-state index contributed by atoms with van der Waals surface area (Å²) in [6.07, 6.45) is 3.74. The van der Waals surface area contributed by atoms with Crippen LogP contribution in [0.5, 0.6) is 0 Å². The highest BCUT2D eigenvalue weighted by molar-refractivity contribution is 5.98. The smallest absolute Gasteiger partial charge is 0.251 e. The Balaban J connectivity index is 1.74. The summed E-state index contributed by atoms with van der Waals surface area (Å²) in [6, 6.07) is 8.06. The number of aromatic nitrogens is 1. The fourth-order valence-electron chi connectivity index (χ4n) is 3.05. The van der Waals surface area contributed by atoms with Crippen LogP contribution < -0.4 is 5.32 Å². The SMILES string of the molecule is Cn1ccc2cc(C(=O)N[C@@H]3CCOC(C)(C)C3)ccc21. The number of hydrogen-bond acceptors (Lipinski definition) is 2. The standard InChI is InChI=1S/C17H22N2O2/c1-17(2)11-14(7-9-21-17)18-16(20)13-4-5-15-12(10-13)6-8-19(15)3/h4-6,8,10,14H,7,9,11H2,1-3H3,(H,18,20)/t14-/m1/s1. The third kappa shape index (κ3) is 2.95. The first-order valence-corrected chi connectivity index (χ1v) is 7.44. The van der Waals surface area contributed by atoms with Gasteiger partial charge in [-0.1, -0.05) is 0 Å². The quantitative estimate of drug-likeness (QED) is 0.922. The Morgan fingerprint density at radius 3 is 2.95 bits per heavy atom. The summed E-state index contributed by atoms with van der Waals surface area (Å²) in [5, 5.41) is 4.23. The predicted molar refractivity (Wildman–Crippen MR) is 83.4 cm³/mol. The molecule has 1 aliphatic heterocycles. The van der Waals surface area contributed by atoms with Gasteiger partial charge in [0.05, 0.1) is 5.60 Å². The van der Waals surface area contributed by atoms with Crippen molar-refractivity contribution in [1.29, 1.82) is 0 Å². The highest BCUT2D eigenvalue weighted by Crippen LogP contribution is 2.24. The average molecular weight is 286 g/mol. The van der Waals surface area contributed by atoms with Crippen LogP contribution in [0.2, 0.25) is 0 Å². The Morgan fingerprint density at radius 2 is 2.19 bits per heavy atom. The van der Waals surface area contributed by atoms with Gasteiger partial charge in [-0.3, -0.25) is 4.79 Å². The molecule has 1 aromatic carbocycles. The van der Waals surface area contributed by atoms with Gasteiger partial charge in [-0.2, -0.15) is 0 Å². The largest absolute Gasteiger partial charge is 0.375 e. The van der Waals surface area contributed by atoms with Crippen molar-refractivity contribution in [1.82, 2.24) is 9.88 Å². The lowest BCUT2D eigenvalue weighted by atomic mass is 9.93. The van der Waals surface area contributed by atoms with Crippen LogP contribution in [0.4, 0.5) is 0 Å². The van der Waals surface area contributed by atoms with Gasteiger partial charge in [0.15, 0.2) is 0 Å². The molecule has 112 valence electrons. The van der Waals surface area contributed by atoms with E-state index in [2.05, 4.69) is 23.7 Å². The third-order valence-corrected chi connectivity index (χ3v) is 4.18. The number of ether oxygens (including phenoxy) is 1. The first-order valence-electron chi connectivity index (χ1n) is 7.44. The van der Waals surface area contributed by atoms with E-state index in [4.69, 9.17) is 4.74 Å². The number of rotatable bonds is 2. The van der Waals surface area contributed by atoms with E-state index in [0.29, 0.717) is 6.61 Å². The monoisotopic (exact) mass is 286 g/mol. The lowest BCUT2D eigenvalue weighted by molar-refractivity contribution is -0.0615. The van der Waals surface area contributed by atoms with Crippen molar-refractivity contribution in [2.24, 2.45) is 7.05 Å². The zero-order chi connectivity index (χ0) is 15.0. The average Bonchev–Trinajstić information content (AvgIpc) is 2.79. The molecule has 0 aliphatic carbocycles. The number of hydrogen-bond donors (Lipinski definition) is 1. The summed E-state index contributed by atoms with van der Waals surface area (Å²) < 4.78 is 7.74. The summed E-state index contributed by atoms with van der Waals surface area (Å²) in [5.41, 5.74) is 1.70. The van der Waals surface area contributed by atoms with Gasteiger partial charge in [0.1, 0.15) is 0 Å². The molecule has 1 aliphatic rings. The van der Waals surface area contributed by atoms with Crippen molar-refractivity contribution in [3.05, 3.63) is 36.0 Å². The van der Waals surface area contributed by atoms with Crippen LogP contribution in [0.25, 0.3) is 10.9 Å². The number of carbonyl (C=O) groups excluding carboxylic acids is 1. The number of carbonyl (C=O) groups is 1. The fourth-order valence-corrected chi connectivity index (χ4v) is 3.05. The minimum Gasteiger partial charge on any atom is -0.375 e. The van der Waals surface area contributed by atoms with E-state index in [9.17, 15) is 4.79 Å². The molecule has 2 aromatic rings. The third-order valence-electron chi connectivity index (χ3n) is 4.18. The molecule has 2 heterocycles. The Bertz CT molecular complexity index is 672. The summed E-state index contributed by atoms with van der Waals surface area (Å²) in [7, 11) is 2.01. The van der Waals surface area contributed by atoms with Crippen molar-refractivity contribution in [3.8, 4) is 0 Å². The maximum absolute atomic E-state index is 12.4. The highest BCUT2D eigenvalue weighted by Gasteiger charge is 2.29. The second-order valence-electron chi connectivity index (χ2n) is 6.47. The molecular formula is C17H22N2O2. The van der Waals surface area contributed by atoms with E-state index in [0.717, 1.165) is 29.3 Å². The van der Waals surface area contributed by atoms with Gasteiger partial charge < -0.3 is 14.6 Å². The zero-order valence-electron chi connectivity index (χ0n) is 12.8. The second-order valence-corrected chi connectivity index (χ2v) is 6.47. The number of benzene rings is 1. The lowest BCUT2D eigenvalue weighted by Gasteiger charge is -2.35. The fraction of sp³-hybridized carbons (Fsp3) is 0.471. The molecule has 4 heteroatoms. The van der Waals surface area contributed by atoms with Gasteiger partial charge >= 0.3 is 0 Å². The van der Waals surface area contributed by atoms with Crippen LogP contribution in [0.3, 0.4) is 0 Å². The summed E-state index contributed by atoms with van der Waals surface area (Å²) >= 11 is 0. The van der Waals surface area contributed by atoms with Crippen molar-refractivity contribution in [2.75, 3.05) is 6.61 Å². The minimum absolute atomic E-state index is 0.00320. The van der Waals surface area contributed by atoms with Gasteiger partial charge in [0.2, 0.25) is 0 Å². The van der Waals surface area contributed by atoms with E-state index < -0.39 is 0 Å². The molecule has 1 aromatic heterocycles. The molecule has 1 N–H and O–H groups in total. The number of nitrogens with zero attached hydrogens (tertiary/aromatic N) is 1. The summed E-state index contributed by atoms with van der Waals surface area (Å²) in [6.45, 7) is 4.85. The van der Waals surface area contributed by atoms with Crippen LogP contribution in [0, 0.1) is 0 Å². The molecule has 1 amide bonds. The van der Waals surface area contributed by atoms with Gasteiger partial charge in [0.25, 0.3) is 5.91 Å². The van der Waals surface area contributed by atoms with Crippen LogP contribution >= 0.6 is 0 Å². The lowest BCUT2D eigenvalue weighted by Crippen LogP contribution is -2.45. The molecular weight excluding hydrogens is 264 g/mol. The summed E-state index contributed by atoms with van der Waals surface area (Å²) in [4.78, 5) is 12.4. The molecule has 1 atom stereocenters. The van der Waals surface area contributed by atoms with Crippen LogP contribution in [-0.4, -0.2) is 28.7 Å². The van der Waals surface area contributed by atoms with Gasteiger partial charge in [0, 0.05) is 42.4 Å². The van der Waals surface area contributed by atoms with Gasteiger partial charge in [-0.15, -0.1) is 0 Å². The Kier molecular flexibility index (Phi) is 3.49. The predicted octanol–water partition coefficient (Wildman–Crippen LogP) is 2.87. The molecule has 0 unspecified atom stereocenters. The molecule has 1 saturated heterocycles. The first-order chi connectivity index (χ1) is 9.94. The molecule has 0 saturated carbocycles. The number of nitrogens with one attached hydrogen (secondary N) is 1. The molecule has 21 heavy (non-hydrogen) atoms. The van der Waals surface area contributed by atoms with Crippen molar-refractivity contribution in [2.45, 2.75) is 38.3 Å². The second kappa shape index (κ2) is 5.19. The van der Waals surface area contributed by atoms with E-state index in [1.807, 2.05) is 37.5 Å². The Hall–Kier alpha value is -1.81. The number of amides is 1. The molecule has 0 bridgehead atoms. The van der Waals surface area contributed by atoms with Crippen LogP contribution in [0.15, 0.2) is 30.5 Å². The summed E-state index contributed by atoms with van der Waals surface area (Å²) in [5.74, 6) is 0.00320. The molecule has 1 fully saturated rings. The molecule has 3 rings (SSSR count). The zero-order valence-corrected chi connectivity index (χ0v) is 12.8. The van der Waals surface area contributed by atoms with E-state index in [1.165, 1.54) is 0 Å². The van der Waals surface area contributed by atoms with E-state index >= 15 is 0 Å².